The Morgan fingerprint density at radius 3 is 2.60 bits per heavy atom. The van der Waals surface area contributed by atoms with Crippen LogP contribution in [-0.2, 0) is 0 Å². The Kier molecular flexibility index (Phi) is 2.54. The summed E-state index contributed by atoms with van der Waals surface area (Å²) in [5, 5.41) is 7.82. The van der Waals surface area contributed by atoms with Crippen LogP contribution in [0.1, 0.15) is 31.2 Å². The molecule has 0 spiro atoms. The molecule has 0 aliphatic rings. The van der Waals surface area contributed by atoms with Crippen molar-refractivity contribution in [2.75, 3.05) is 0 Å². The van der Waals surface area contributed by atoms with Gasteiger partial charge in [0.05, 0.1) is 0 Å². The van der Waals surface area contributed by atoms with E-state index in [1.807, 2.05) is 12.1 Å². The Bertz CT molecular complexity index is 460. The van der Waals surface area contributed by atoms with Crippen molar-refractivity contribution in [1.29, 1.82) is 0 Å². The molecule has 0 saturated carbocycles. The summed E-state index contributed by atoms with van der Waals surface area (Å²) in [7, 11) is 0. The summed E-state index contributed by atoms with van der Waals surface area (Å²) >= 11 is 0. The van der Waals surface area contributed by atoms with E-state index in [-0.39, 0.29) is 0 Å². The second-order valence-corrected chi connectivity index (χ2v) is 3.91. The van der Waals surface area contributed by atoms with Gasteiger partial charge in [0.2, 0.25) is 11.8 Å². The highest BCUT2D eigenvalue weighted by Gasteiger charge is 2.07. The first-order valence-corrected chi connectivity index (χ1v) is 5.07. The molecule has 3 heteroatoms. The van der Waals surface area contributed by atoms with Gasteiger partial charge in [-0.15, -0.1) is 10.2 Å². The maximum Gasteiger partial charge on any atom is 0.247 e. The topological polar surface area (TPSA) is 38.9 Å². The lowest BCUT2D eigenvalue weighted by Crippen LogP contribution is -1.87. The van der Waals surface area contributed by atoms with Crippen molar-refractivity contribution >= 4 is 0 Å². The van der Waals surface area contributed by atoms with Crippen LogP contribution in [-0.4, -0.2) is 10.2 Å². The number of nitrogens with zero attached hydrogens (tertiary/aromatic N) is 2. The lowest BCUT2D eigenvalue weighted by Gasteiger charge is -2.05. The maximum atomic E-state index is 5.38. The number of aryl methyl sites for hydroxylation is 1. The molecule has 0 saturated heterocycles. The second kappa shape index (κ2) is 3.85. The summed E-state index contributed by atoms with van der Waals surface area (Å²) in [6.07, 6.45) is 0. The molecule has 0 N–H and O–H groups in total. The van der Waals surface area contributed by atoms with Crippen LogP contribution in [0.2, 0.25) is 0 Å². The molecular weight excluding hydrogens is 188 g/mol. The van der Waals surface area contributed by atoms with Gasteiger partial charge in [-0.3, -0.25) is 0 Å². The van der Waals surface area contributed by atoms with Gasteiger partial charge in [0.25, 0.3) is 0 Å². The van der Waals surface area contributed by atoms with E-state index in [4.69, 9.17) is 4.42 Å². The van der Waals surface area contributed by atoms with E-state index in [1.165, 1.54) is 5.56 Å². The van der Waals surface area contributed by atoms with Crippen LogP contribution in [0.15, 0.2) is 28.7 Å². The molecule has 0 unspecified atom stereocenters. The largest absolute Gasteiger partial charge is 0.421 e. The van der Waals surface area contributed by atoms with E-state index < -0.39 is 0 Å². The fourth-order valence-electron chi connectivity index (χ4n) is 1.44. The smallest absolute Gasteiger partial charge is 0.247 e. The van der Waals surface area contributed by atoms with Gasteiger partial charge in [0.15, 0.2) is 0 Å². The number of benzene rings is 1. The van der Waals surface area contributed by atoms with Gasteiger partial charge < -0.3 is 4.42 Å². The molecular formula is C12H14N2O. The normalized spacial score (nSPS) is 10.9. The van der Waals surface area contributed by atoms with Crippen molar-refractivity contribution in [3.8, 4) is 11.5 Å². The Labute approximate surface area is 89.2 Å². The van der Waals surface area contributed by atoms with E-state index in [9.17, 15) is 0 Å². The summed E-state index contributed by atoms with van der Waals surface area (Å²) in [6, 6.07) is 8.21. The van der Waals surface area contributed by atoms with Crippen molar-refractivity contribution in [3.63, 3.8) is 0 Å². The minimum Gasteiger partial charge on any atom is -0.421 e. The summed E-state index contributed by atoms with van der Waals surface area (Å²) in [5.74, 6) is 1.70. The SMILES string of the molecule is Cc1nnc(-c2cccc(C(C)C)c2)o1. The fourth-order valence-corrected chi connectivity index (χ4v) is 1.44. The first-order chi connectivity index (χ1) is 7.16. The molecule has 0 radical (unpaired) electrons. The Balaban J connectivity index is 2.41. The summed E-state index contributed by atoms with van der Waals surface area (Å²) in [4.78, 5) is 0. The van der Waals surface area contributed by atoms with Crippen molar-refractivity contribution in [1.82, 2.24) is 10.2 Å². The summed E-state index contributed by atoms with van der Waals surface area (Å²) in [5.41, 5.74) is 2.27. The zero-order chi connectivity index (χ0) is 10.8. The van der Waals surface area contributed by atoms with Crippen LogP contribution in [0, 0.1) is 6.92 Å². The standard InChI is InChI=1S/C12H14N2O/c1-8(2)10-5-4-6-11(7-10)12-14-13-9(3)15-12/h4-8H,1-3H3. The molecule has 1 aromatic heterocycles. The molecule has 3 nitrogen and oxygen atoms in total. The first kappa shape index (κ1) is 9.90. The lowest BCUT2D eigenvalue weighted by atomic mass is 10.0. The van der Waals surface area contributed by atoms with E-state index in [0.29, 0.717) is 17.7 Å². The number of aromatic nitrogens is 2. The fraction of sp³-hybridized carbons (Fsp3) is 0.333. The molecule has 0 aliphatic carbocycles. The summed E-state index contributed by atoms with van der Waals surface area (Å²) in [6.45, 7) is 6.12. The average Bonchev–Trinajstić information content (AvgIpc) is 2.65. The highest BCUT2D eigenvalue weighted by Crippen LogP contribution is 2.22. The van der Waals surface area contributed by atoms with Crippen molar-refractivity contribution < 1.29 is 4.42 Å². The Hall–Kier alpha value is -1.64. The molecule has 15 heavy (non-hydrogen) atoms. The molecule has 2 rings (SSSR count). The van der Waals surface area contributed by atoms with Crippen LogP contribution in [0.4, 0.5) is 0 Å². The Morgan fingerprint density at radius 2 is 2.00 bits per heavy atom. The van der Waals surface area contributed by atoms with Crippen LogP contribution in [0.3, 0.4) is 0 Å². The van der Waals surface area contributed by atoms with Crippen molar-refractivity contribution in [2.24, 2.45) is 0 Å². The van der Waals surface area contributed by atoms with Crippen LogP contribution in [0.5, 0.6) is 0 Å². The van der Waals surface area contributed by atoms with E-state index in [1.54, 1.807) is 6.92 Å². The zero-order valence-electron chi connectivity index (χ0n) is 9.19. The molecule has 1 heterocycles. The molecule has 0 atom stereocenters. The minimum atomic E-state index is 0.508. The lowest BCUT2D eigenvalue weighted by molar-refractivity contribution is 0.532. The van der Waals surface area contributed by atoms with Gasteiger partial charge >= 0.3 is 0 Å². The molecule has 0 aliphatic heterocycles. The molecule has 0 amide bonds. The molecule has 0 fully saturated rings. The molecule has 78 valence electrons. The zero-order valence-corrected chi connectivity index (χ0v) is 9.19. The monoisotopic (exact) mass is 202 g/mol. The van der Waals surface area contributed by atoms with Gasteiger partial charge in [-0.05, 0) is 23.6 Å². The van der Waals surface area contributed by atoms with Crippen molar-refractivity contribution in [3.05, 3.63) is 35.7 Å². The third-order valence-corrected chi connectivity index (χ3v) is 2.33. The number of rotatable bonds is 2. The highest BCUT2D eigenvalue weighted by atomic mass is 16.4. The quantitative estimate of drug-likeness (QED) is 0.750. The van der Waals surface area contributed by atoms with E-state index >= 15 is 0 Å². The minimum absolute atomic E-state index is 0.508. The van der Waals surface area contributed by atoms with Crippen molar-refractivity contribution in [2.45, 2.75) is 26.7 Å². The second-order valence-electron chi connectivity index (χ2n) is 3.91. The number of hydrogen-bond acceptors (Lipinski definition) is 3. The average molecular weight is 202 g/mol. The number of hydrogen-bond donors (Lipinski definition) is 0. The summed E-state index contributed by atoms with van der Waals surface area (Å²) < 4.78 is 5.38. The third-order valence-electron chi connectivity index (χ3n) is 2.33. The van der Waals surface area contributed by atoms with Gasteiger partial charge in [-0.2, -0.15) is 0 Å². The first-order valence-electron chi connectivity index (χ1n) is 5.07. The van der Waals surface area contributed by atoms with E-state index in [2.05, 4.69) is 36.2 Å². The van der Waals surface area contributed by atoms with E-state index in [0.717, 1.165) is 5.56 Å². The third kappa shape index (κ3) is 2.06. The highest BCUT2D eigenvalue weighted by molar-refractivity contribution is 5.54. The van der Waals surface area contributed by atoms with Gasteiger partial charge in [0, 0.05) is 12.5 Å². The molecule has 2 aromatic rings. The maximum absolute atomic E-state index is 5.38. The predicted octanol–water partition coefficient (Wildman–Crippen LogP) is 3.17. The molecule has 1 aromatic carbocycles. The molecule has 0 bridgehead atoms. The van der Waals surface area contributed by atoms with Gasteiger partial charge in [-0.25, -0.2) is 0 Å². The van der Waals surface area contributed by atoms with Crippen LogP contribution in [0.25, 0.3) is 11.5 Å². The van der Waals surface area contributed by atoms with Crippen LogP contribution >= 0.6 is 0 Å². The van der Waals surface area contributed by atoms with Gasteiger partial charge in [-0.1, -0.05) is 26.0 Å². The predicted molar refractivity (Wildman–Crippen MR) is 58.6 cm³/mol. The Morgan fingerprint density at radius 1 is 1.20 bits per heavy atom. The van der Waals surface area contributed by atoms with Crippen LogP contribution < -0.4 is 0 Å². The van der Waals surface area contributed by atoms with Gasteiger partial charge in [0.1, 0.15) is 0 Å².